The highest BCUT2D eigenvalue weighted by molar-refractivity contribution is 5.78. The first-order chi connectivity index (χ1) is 8.63. The Morgan fingerprint density at radius 1 is 1.28 bits per heavy atom. The summed E-state index contributed by atoms with van der Waals surface area (Å²) >= 11 is 0. The molecule has 98 valence electrons. The highest BCUT2D eigenvalue weighted by atomic mass is 16.3. The van der Waals surface area contributed by atoms with Crippen molar-refractivity contribution in [1.82, 2.24) is 4.90 Å². The first-order valence-corrected chi connectivity index (χ1v) is 6.37. The minimum absolute atomic E-state index is 0.125. The summed E-state index contributed by atoms with van der Waals surface area (Å²) in [6.07, 6.45) is 1.58. The van der Waals surface area contributed by atoms with Crippen LogP contribution in [0.5, 0.6) is 0 Å². The molecule has 0 atom stereocenters. The van der Waals surface area contributed by atoms with Gasteiger partial charge in [-0.15, -0.1) is 0 Å². The van der Waals surface area contributed by atoms with E-state index in [-0.39, 0.29) is 12.5 Å². The molecular weight excluding hydrogens is 228 g/mol. The summed E-state index contributed by atoms with van der Waals surface area (Å²) in [5, 5.41) is 10.0. The van der Waals surface area contributed by atoms with Crippen LogP contribution in [0.4, 0.5) is 0 Å². The van der Waals surface area contributed by atoms with Crippen LogP contribution < -0.4 is 5.73 Å². The lowest BCUT2D eigenvalue weighted by molar-refractivity contribution is -0.134. The van der Waals surface area contributed by atoms with Gasteiger partial charge in [0, 0.05) is 19.6 Å². The van der Waals surface area contributed by atoms with Gasteiger partial charge in [0.2, 0.25) is 5.91 Å². The van der Waals surface area contributed by atoms with E-state index in [0.717, 1.165) is 5.56 Å². The normalized spacial score (nSPS) is 18.7. The third-order valence-electron chi connectivity index (χ3n) is 3.62. The average Bonchev–Trinajstić information content (AvgIpc) is 2.40. The molecule has 4 nitrogen and oxygen atoms in total. The second kappa shape index (κ2) is 5.50. The molecule has 4 heteroatoms. The number of rotatable bonds is 3. The number of aliphatic hydroxyl groups is 1. The Hall–Kier alpha value is -1.39. The number of hydrogen-bond acceptors (Lipinski definition) is 3. The lowest BCUT2D eigenvalue weighted by Gasteiger charge is -2.37. The van der Waals surface area contributed by atoms with Gasteiger partial charge >= 0.3 is 0 Å². The maximum absolute atomic E-state index is 12.1. The number of nitrogens with two attached hydrogens (primary N) is 1. The Morgan fingerprint density at radius 3 is 2.44 bits per heavy atom. The Morgan fingerprint density at radius 2 is 1.89 bits per heavy atom. The van der Waals surface area contributed by atoms with Crippen LogP contribution in [-0.4, -0.2) is 41.1 Å². The molecule has 1 aromatic carbocycles. The van der Waals surface area contributed by atoms with Crippen molar-refractivity contribution < 1.29 is 9.90 Å². The van der Waals surface area contributed by atoms with Crippen LogP contribution in [0.2, 0.25) is 0 Å². The van der Waals surface area contributed by atoms with Crippen molar-refractivity contribution in [2.45, 2.75) is 24.9 Å². The Labute approximate surface area is 107 Å². The molecule has 18 heavy (non-hydrogen) atoms. The fourth-order valence-corrected chi connectivity index (χ4v) is 2.26. The quantitative estimate of drug-likeness (QED) is 0.820. The second-order valence-electron chi connectivity index (χ2n) is 4.97. The standard InChI is InChI=1S/C14H20N2O2/c15-11-14(18)6-8-16(9-7-14)13(17)10-12-4-2-1-3-5-12/h1-5,18H,6-11,15H2. The molecule has 0 radical (unpaired) electrons. The molecule has 0 saturated carbocycles. The zero-order valence-corrected chi connectivity index (χ0v) is 10.5. The minimum Gasteiger partial charge on any atom is -0.388 e. The topological polar surface area (TPSA) is 66.6 Å². The summed E-state index contributed by atoms with van der Waals surface area (Å²) in [5.41, 5.74) is 5.78. The van der Waals surface area contributed by atoms with E-state index in [1.807, 2.05) is 35.2 Å². The summed E-state index contributed by atoms with van der Waals surface area (Å²) in [6.45, 7) is 1.46. The van der Waals surface area contributed by atoms with E-state index >= 15 is 0 Å². The molecule has 1 amide bonds. The molecule has 1 saturated heterocycles. The summed E-state index contributed by atoms with van der Waals surface area (Å²) in [6, 6.07) is 9.73. The number of hydrogen-bond donors (Lipinski definition) is 2. The van der Waals surface area contributed by atoms with Gasteiger partial charge in [-0.25, -0.2) is 0 Å². The van der Waals surface area contributed by atoms with Crippen LogP contribution in [0.3, 0.4) is 0 Å². The van der Waals surface area contributed by atoms with Gasteiger partial charge in [-0.3, -0.25) is 4.79 Å². The van der Waals surface area contributed by atoms with Gasteiger partial charge in [-0.1, -0.05) is 30.3 Å². The molecule has 3 N–H and O–H groups in total. The Balaban J connectivity index is 1.88. The Bertz CT molecular complexity index is 398. The van der Waals surface area contributed by atoms with Crippen LogP contribution in [-0.2, 0) is 11.2 Å². The first-order valence-electron chi connectivity index (χ1n) is 6.37. The SMILES string of the molecule is NCC1(O)CCN(C(=O)Cc2ccccc2)CC1. The molecular formula is C14H20N2O2. The van der Waals surface area contributed by atoms with Crippen LogP contribution in [0.1, 0.15) is 18.4 Å². The molecule has 0 aromatic heterocycles. The lowest BCUT2D eigenvalue weighted by Crippen LogP contribution is -2.50. The predicted molar refractivity (Wildman–Crippen MR) is 70.0 cm³/mol. The van der Waals surface area contributed by atoms with E-state index in [0.29, 0.717) is 32.4 Å². The van der Waals surface area contributed by atoms with Crippen molar-refractivity contribution in [1.29, 1.82) is 0 Å². The van der Waals surface area contributed by atoms with E-state index in [1.54, 1.807) is 0 Å². The third-order valence-corrected chi connectivity index (χ3v) is 3.62. The molecule has 1 aromatic rings. The summed E-state index contributed by atoms with van der Waals surface area (Å²) < 4.78 is 0. The van der Waals surface area contributed by atoms with Crippen molar-refractivity contribution >= 4 is 5.91 Å². The number of carbonyl (C=O) groups is 1. The van der Waals surface area contributed by atoms with Crippen LogP contribution >= 0.6 is 0 Å². The largest absolute Gasteiger partial charge is 0.388 e. The third kappa shape index (κ3) is 3.09. The van der Waals surface area contributed by atoms with Crippen molar-refractivity contribution in [3.8, 4) is 0 Å². The van der Waals surface area contributed by atoms with Gasteiger partial charge in [0.05, 0.1) is 12.0 Å². The number of piperidine rings is 1. The summed E-state index contributed by atoms with van der Waals surface area (Å²) in [7, 11) is 0. The van der Waals surface area contributed by atoms with E-state index in [1.165, 1.54) is 0 Å². The molecule has 0 unspecified atom stereocenters. The van der Waals surface area contributed by atoms with Gasteiger partial charge in [0.1, 0.15) is 0 Å². The summed E-state index contributed by atoms with van der Waals surface area (Å²) in [5.74, 6) is 0.125. The highest BCUT2D eigenvalue weighted by Crippen LogP contribution is 2.21. The summed E-state index contributed by atoms with van der Waals surface area (Å²) in [4.78, 5) is 13.9. The molecule has 1 heterocycles. The average molecular weight is 248 g/mol. The van der Waals surface area contributed by atoms with Gasteiger partial charge in [-0.05, 0) is 18.4 Å². The van der Waals surface area contributed by atoms with Crippen LogP contribution in [0.15, 0.2) is 30.3 Å². The molecule has 1 aliphatic heterocycles. The monoisotopic (exact) mass is 248 g/mol. The van der Waals surface area contributed by atoms with E-state index in [4.69, 9.17) is 5.73 Å². The van der Waals surface area contributed by atoms with Crippen molar-refractivity contribution in [2.75, 3.05) is 19.6 Å². The van der Waals surface area contributed by atoms with Gasteiger partial charge in [0.25, 0.3) is 0 Å². The van der Waals surface area contributed by atoms with Crippen molar-refractivity contribution in [2.24, 2.45) is 5.73 Å². The fourth-order valence-electron chi connectivity index (χ4n) is 2.26. The molecule has 2 rings (SSSR count). The Kier molecular flexibility index (Phi) is 3.99. The predicted octanol–water partition coefficient (Wildman–Crippen LogP) is 0.541. The molecule has 0 aliphatic carbocycles. The highest BCUT2D eigenvalue weighted by Gasteiger charge is 2.32. The molecule has 0 bridgehead atoms. The second-order valence-corrected chi connectivity index (χ2v) is 4.97. The minimum atomic E-state index is -0.774. The lowest BCUT2D eigenvalue weighted by atomic mass is 9.91. The fraction of sp³-hybridized carbons (Fsp3) is 0.500. The van der Waals surface area contributed by atoms with Crippen LogP contribution in [0.25, 0.3) is 0 Å². The number of amides is 1. The molecule has 1 fully saturated rings. The zero-order valence-electron chi connectivity index (χ0n) is 10.5. The first kappa shape index (κ1) is 13.1. The maximum atomic E-state index is 12.1. The van der Waals surface area contributed by atoms with E-state index < -0.39 is 5.60 Å². The van der Waals surface area contributed by atoms with Crippen LogP contribution in [0, 0.1) is 0 Å². The molecule has 1 aliphatic rings. The number of benzene rings is 1. The molecule has 0 spiro atoms. The zero-order chi connectivity index (χ0) is 13.0. The van der Waals surface area contributed by atoms with Crippen molar-refractivity contribution in [3.63, 3.8) is 0 Å². The number of carbonyl (C=O) groups excluding carboxylic acids is 1. The van der Waals surface area contributed by atoms with Gasteiger partial charge in [0.15, 0.2) is 0 Å². The van der Waals surface area contributed by atoms with E-state index in [2.05, 4.69) is 0 Å². The maximum Gasteiger partial charge on any atom is 0.226 e. The number of nitrogens with zero attached hydrogens (tertiary/aromatic N) is 1. The van der Waals surface area contributed by atoms with Gasteiger partial charge < -0.3 is 15.7 Å². The smallest absolute Gasteiger partial charge is 0.226 e. The van der Waals surface area contributed by atoms with Gasteiger partial charge in [-0.2, -0.15) is 0 Å². The number of likely N-dealkylation sites (tertiary alicyclic amines) is 1. The van der Waals surface area contributed by atoms with E-state index in [9.17, 15) is 9.90 Å². The van der Waals surface area contributed by atoms with Crippen molar-refractivity contribution in [3.05, 3.63) is 35.9 Å².